The minimum absolute atomic E-state index is 0.250. The van der Waals surface area contributed by atoms with Crippen LogP contribution in [0.15, 0.2) is 24.5 Å². The molecule has 1 aromatic rings. The highest BCUT2D eigenvalue weighted by molar-refractivity contribution is 5.76. The molecule has 1 aliphatic rings. The molecule has 1 saturated heterocycles. The van der Waals surface area contributed by atoms with Crippen LogP contribution >= 0.6 is 0 Å². The number of rotatable bonds is 4. The van der Waals surface area contributed by atoms with Gasteiger partial charge in [-0.25, -0.2) is 0 Å². The topological polar surface area (TPSA) is 33.2 Å². The van der Waals surface area contributed by atoms with E-state index in [-0.39, 0.29) is 6.04 Å². The Kier molecular flexibility index (Phi) is 5.57. The van der Waals surface area contributed by atoms with Gasteiger partial charge in [0, 0.05) is 25.4 Å². The molecule has 3 nitrogen and oxygen atoms in total. The summed E-state index contributed by atoms with van der Waals surface area (Å²) < 4.78 is 0. The van der Waals surface area contributed by atoms with Crippen molar-refractivity contribution in [2.45, 2.75) is 58.4 Å². The van der Waals surface area contributed by atoms with Gasteiger partial charge in [-0.15, -0.1) is 0 Å². The summed E-state index contributed by atoms with van der Waals surface area (Å²) in [7, 11) is 0. The van der Waals surface area contributed by atoms with E-state index in [1.54, 1.807) is 0 Å². The van der Waals surface area contributed by atoms with Crippen molar-refractivity contribution in [2.75, 3.05) is 6.54 Å². The molecule has 1 atom stereocenters. The minimum atomic E-state index is 0.250. The van der Waals surface area contributed by atoms with Crippen LogP contribution < -0.4 is 0 Å². The van der Waals surface area contributed by atoms with Gasteiger partial charge >= 0.3 is 0 Å². The third kappa shape index (κ3) is 4.06. The van der Waals surface area contributed by atoms with E-state index in [1.807, 2.05) is 12.4 Å². The van der Waals surface area contributed by atoms with E-state index in [2.05, 4.69) is 35.9 Å². The molecule has 2 rings (SSSR count). The van der Waals surface area contributed by atoms with Gasteiger partial charge in [0.1, 0.15) is 0 Å². The molecule has 0 aromatic carbocycles. The van der Waals surface area contributed by atoms with Crippen LogP contribution in [0.4, 0.5) is 0 Å². The highest BCUT2D eigenvalue weighted by Gasteiger charge is 2.26. The molecule has 1 fully saturated rings. The van der Waals surface area contributed by atoms with Gasteiger partial charge in [0.15, 0.2) is 0 Å². The van der Waals surface area contributed by atoms with Gasteiger partial charge in [0.05, 0.1) is 6.04 Å². The maximum atomic E-state index is 12.5. The van der Waals surface area contributed by atoms with Gasteiger partial charge in [0.25, 0.3) is 0 Å². The predicted molar refractivity (Wildman–Crippen MR) is 81.2 cm³/mol. The zero-order valence-corrected chi connectivity index (χ0v) is 12.7. The largest absolute Gasteiger partial charge is 0.336 e. The van der Waals surface area contributed by atoms with Crippen LogP contribution in [0, 0.1) is 5.92 Å². The summed E-state index contributed by atoms with van der Waals surface area (Å²) in [5.41, 5.74) is 1.24. The Hall–Kier alpha value is -1.38. The monoisotopic (exact) mass is 274 g/mol. The fourth-order valence-corrected chi connectivity index (χ4v) is 2.89. The van der Waals surface area contributed by atoms with Crippen molar-refractivity contribution in [2.24, 2.45) is 5.92 Å². The number of hydrogen-bond acceptors (Lipinski definition) is 2. The van der Waals surface area contributed by atoms with Crippen LogP contribution in [0.5, 0.6) is 0 Å². The van der Waals surface area contributed by atoms with E-state index >= 15 is 0 Å². The van der Waals surface area contributed by atoms with Gasteiger partial charge in [-0.2, -0.15) is 0 Å². The zero-order valence-electron chi connectivity index (χ0n) is 12.7. The Morgan fingerprint density at radius 1 is 1.30 bits per heavy atom. The highest BCUT2D eigenvalue weighted by Crippen LogP contribution is 2.30. The average molecular weight is 274 g/mol. The quantitative estimate of drug-likeness (QED) is 0.832. The maximum absolute atomic E-state index is 12.5. The summed E-state index contributed by atoms with van der Waals surface area (Å²) in [6.07, 6.45) is 9.98. The molecule has 1 aromatic heterocycles. The predicted octanol–water partition coefficient (Wildman–Crippen LogP) is 3.96. The number of pyridine rings is 1. The van der Waals surface area contributed by atoms with E-state index in [1.165, 1.54) is 18.4 Å². The van der Waals surface area contributed by atoms with Crippen molar-refractivity contribution >= 4 is 5.91 Å². The summed E-state index contributed by atoms with van der Waals surface area (Å²) in [6.45, 7) is 5.26. The fourth-order valence-electron chi connectivity index (χ4n) is 2.89. The number of hydrogen-bond donors (Lipinski definition) is 0. The van der Waals surface area contributed by atoms with Crippen molar-refractivity contribution in [3.8, 4) is 0 Å². The Morgan fingerprint density at radius 3 is 2.75 bits per heavy atom. The molecule has 0 N–H and O–H groups in total. The maximum Gasteiger partial charge on any atom is 0.223 e. The molecule has 110 valence electrons. The summed E-state index contributed by atoms with van der Waals surface area (Å²) in [6, 6.07) is 4.36. The minimum Gasteiger partial charge on any atom is -0.336 e. The van der Waals surface area contributed by atoms with Crippen LogP contribution in [0.2, 0.25) is 0 Å². The number of likely N-dealkylation sites (tertiary alicyclic amines) is 1. The zero-order chi connectivity index (χ0) is 14.4. The average Bonchev–Trinajstić information content (AvgIpc) is 2.71. The van der Waals surface area contributed by atoms with Gasteiger partial charge in [-0.05, 0) is 42.9 Å². The third-order valence-corrected chi connectivity index (χ3v) is 4.10. The van der Waals surface area contributed by atoms with E-state index < -0.39 is 0 Å². The second-order valence-electron chi connectivity index (χ2n) is 6.17. The number of carbonyl (C=O) groups is 1. The first kappa shape index (κ1) is 15.0. The van der Waals surface area contributed by atoms with Crippen LogP contribution in [-0.2, 0) is 4.79 Å². The lowest BCUT2D eigenvalue weighted by molar-refractivity contribution is -0.134. The highest BCUT2D eigenvalue weighted by atomic mass is 16.2. The lowest BCUT2D eigenvalue weighted by Crippen LogP contribution is -2.34. The van der Waals surface area contributed by atoms with Gasteiger partial charge in [0.2, 0.25) is 5.91 Å². The van der Waals surface area contributed by atoms with Crippen LogP contribution in [0.1, 0.15) is 64.0 Å². The number of amides is 1. The molecule has 0 saturated carbocycles. The SMILES string of the molecule is CC(C)CCC(=O)N1CCCCCC1c1ccncc1. The molecular weight excluding hydrogens is 248 g/mol. The molecule has 0 bridgehead atoms. The third-order valence-electron chi connectivity index (χ3n) is 4.10. The van der Waals surface area contributed by atoms with Gasteiger partial charge < -0.3 is 4.90 Å². The Bertz CT molecular complexity index is 416. The van der Waals surface area contributed by atoms with Crippen LogP contribution in [-0.4, -0.2) is 22.3 Å². The summed E-state index contributed by atoms with van der Waals surface area (Å²) in [5.74, 6) is 0.910. The molecule has 1 unspecified atom stereocenters. The first-order chi connectivity index (χ1) is 9.68. The van der Waals surface area contributed by atoms with E-state index in [0.717, 1.165) is 25.8 Å². The molecular formula is C17H26N2O. The first-order valence-corrected chi connectivity index (χ1v) is 7.88. The smallest absolute Gasteiger partial charge is 0.223 e. The lowest BCUT2D eigenvalue weighted by atomic mass is 10.0. The standard InChI is InChI=1S/C17H26N2O/c1-14(2)7-8-17(20)19-13-5-3-4-6-16(19)15-9-11-18-12-10-15/h9-12,14,16H,3-8,13H2,1-2H3. The Labute approximate surface area is 122 Å². The molecule has 0 radical (unpaired) electrons. The second-order valence-corrected chi connectivity index (χ2v) is 6.17. The number of carbonyl (C=O) groups excluding carboxylic acids is 1. The van der Waals surface area contributed by atoms with Crippen LogP contribution in [0.3, 0.4) is 0 Å². The molecule has 0 spiro atoms. The van der Waals surface area contributed by atoms with Gasteiger partial charge in [-0.1, -0.05) is 26.7 Å². The second kappa shape index (κ2) is 7.41. The van der Waals surface area contributed by atoms with E-state index in [9.17, 15) is 4.79 Å². The molecule has 3 heteroatoms. The number of aromatic nitrogens is 1. The summed E-state index contributed by atoms with van der Waals surface area (Å²) >= 11 is 0. The number of nitrogens with zero attached hydrogens (tertiary/aromatic N) is 2. The van der Waals surface area contributed by atoms with Crippen LogP contribution in [0.25, 0.3) is 0 Å². The molecule has 0 aliphatic carbocycles. The van der Waals surface area contributed by atoms with Crippen molar-refractivity contribution < 1.29 is 4.79 Å². The summed E-state index contributed by atoms with van der Waals surface area (Å²) in [5, 5.41) is 0. The van der Waals surface area contributed by atoms with E-state index in [0.29, 0.717) is 18.2 Å². The Morgan fingerprint density at radius 2 is 2.05 bits per heavy atom. The summed E-state index contributed by atoms with van der Waals surface area (Å²) in [4.78, 5) is 18.8. The first-order valence-electron chi connectivity index (χ1n) is 7.88. The normalized spacial score (nSPS) is 19.9. The van der Waals surface area contributed by atoms with Crippen molar-refractivity contribution in [3.63, 3.8) is 0 Å². The lowest BCUT2D eigenvalue weighted by Gasteiger charge is -2.30. The molecule has 20 heavy (non-hydrogen) atoms. The van der Waals surface area contributed by atoms with Crippen molar-refractivity contribution in [1.29, 1.82) is 0 Å². The van der Waals surface area contributed by atoms with Crippen molar-refractivity contribution in [1.82, 2.24) is 9.88 Å². The Balaban J connectivity index is 2.11. The van der Waals surface area contributed by atoms with Gasteiger partial charge in [-0.3, -0.25) is 9.78 Å². The molecule has 1 aliphatic heterocycles. The fraction of sp³-hybridized carbons (Fsp3) is 0.647. The molecule has 1 amide bonds. The van der Waals surface area contributed by atoms with Crippen molar-refractivity contribution in [3.05, 3.63) is 30.1 Å². The van der Waals surface area contributed by atoms with E-state index in [4.69, 9.17) is 0 Å². The molecule has 2 heterocycles.